The molecule has 0 heterocycles. The highest BCUT2D eigenvalue weighted by Crippen LogP contribution is 2.12. The van der Waals surface area contributed by atoms with E-state index in [-0.39, 0.29) is 0 Å². The van der Waals surface area contributed by atoms with Crippen LogP contribution in [0.2, 0.25) is 0 Å². The van der Waals surface area contributed by atoms with Crippen LogP contribution in [-0.2, 0) is 0 Å². The van der Waals surface area contributed by atoms with Gasteiger partial charge in [0.25, 0.3) is 0 Å². The summed E-state index contributed by atoms with van der Waals surface area (Å²) in [5.41, 5.74) is 0. The minimum Gasteiger partial charge on any atom is -0.320 e. The van der Waals surface area contributed by atoms with E-state index in [2.05, 4.69) is 43.3 Å². The number of rotatable bonds is 5. The van der Waals surface area contributed by atoms with E-state index in [0.717, 1.165) is 15.5 Å². The fraction of sp³-hybridized carbons (Fsp3) is 0.778. The van der Waals surface area contributed by atoms with E-state index >= 15 is 0 Å². The predicted molar refractivity (Wildman–Crippen MR) is 54.8 cm³/mol. The minimum atomic E-state index is 1.06. The maximum atomic E-state index is 3.88. The van der Waals surface area contributed by atoms with E-state index in [1.54, 1.807) is 0 Å². The molecule has 0 N–H and O–H groups in total. The first-order valence-electron chi connectivity index (χ1n) is 4.28. The largest absolute Gasteiger partial charge is 0.320 e. The van der Waals surface area contributed by atoms with E-state index in [4.69, 9.17) is 0 Å². The molecule has 0 amide bonds. The van der Waals surface area contributed by atoms with Crippen LogP contribution in [0.15, 0.2) is 11.1 Å². The zero-order valence-electron chi connectivity index (χ0n) is 7.86. The smallest absolute Gasteiger partial charge is 0.110 e. The Bertz CT molecular complexity index is 119. The van der Waals surface area contributed by atoms with Gasteiger partial charge in [-0.05, 0) is 20.8 Å². The molecule has 0 rings (SSSR count). The zero-order chi connectivity index (χ0) is 8.91. The topological polar surface area (TPSA) is 0 Å². The minimum absolute atomic E-state index is 1.06. The number of quaternary nitrogens is 1. The first kappa shape index (κ1) is 11.2. The lowest BCUT2D eigenvalue weighted by atomic mass is 10.3. The molecule has 0 aromatic rings. The third kappa shape index (κ3) is 3.39. The average molecular weight is 221 g/mol. The van der Waals surface area contributed by atoms with Gasteiger partial charge in [0, 0.05) is 4.48 Å². The standard InChI is InChI=1S/C9H19BrN/c1-5-11(6-2,7-3)8-9(4)10/h4-8H2,1-3H3/q+1. The summed E-state index contributed by atoms with van der Waals surface area (Å²) in [6.07, 6.45) is 0. The third-order valence-corrected chi connectivity index (χ3v) is 2.77. The van der Waals surface area contributed by atoms with Gasteiger partial charge >= 0.3 is 0 Å². The fourth-order valence-electron chi connectivity index (χ4n) is 1.37. The van der Waals surface area contributed by atoms with Crippen molar-refractivity contribution in [1.29, 1.82) is 0 Å². The van der Waals surface area contributed by atoms with Crippen molar-refractivity contribution >= 4 is 15.9 Å². The molecule has 0 spiro atoms. The summed E-state index contributed by atoms with van der Waals surface area (Å²) >= 11 is 3.42. The van der Waals surface area contributed by atoms with Crippen LogP contribution in [0, 0.1) is 0 Å². The highest BCUT2D eigenvalue weighted by Gasteiger charge is 2.20. The summed E-state index contributed by atoms with van der Waals surface area (Å²) in [6, 6.07) is 0. The summed E-state index contributed by atoms with van der Waals surface area (Å²) in [5, 5.41) is 0. The second-order valence-electron chi connectivity index (χ2n) is 2.97. The maximum absolute atomic E-state index is 3.88. The molecule has 0 aliphatic carbocycles. The number of nitrogens with zero attached hydrogens (tertiary/aromatic N) is 1. The van der Waals surface area contributed by atoms with E-state index in [0.29, 0.717) is 0 Å². The molecule has 66 valence electrons. The molecule has 0 fully saturated rings. The molecule has 0 saturated heterocycles. The Labute approximate surface area is 78.8 Å². The van der Waals surface area contributed by atoms with E-state index in [9.17, 15) is 0 Å². The first-order chi connectivity index (χ1) is 5.10. The van der Waals surface area contributed by atoms with Gasteiger partial charge in [-0.2, -0.15) is 0 Å². The number of hydrogen-bond acceptors (Lipinski definition) is 0. The van der Waals surface area contributed by atoms with Gasteiger partial charge in [-0.1, -0.05) is 22.5 Å². The van der Waals surface area contributed by atoms with Crippen LogP contribution in [0.4, 0.5) is 0 Å². The molecular weight excluding hydrogens is 202 g/mol. The lowest BCUT2D eigenvalue weighted by Crippen LogP contribution is -2.48. The van der Waals surface area contributed by atoms with Crippen LogP contribution >= 0.6 is 15.9 Å². The first-order valence-corrected chi connectivity index (χ1v) is 5.08. The van der Waals surface area contributed by atoms with Crippen LogP contribution in [-0.4, -0.2) is 30.7 Å². The van der Waals surface area contributed by atoms with Gasteiger partial charge < -0.3 is 4.48 Å². The van der Waals surface area contributed by atoms with Gasteiger partial charge in [0.2, 0.25) is 0 Å². The van der Waals surface area contributed by atoms with Gasteiger partial charge in [0.15, 0.2) is 0 Å². The van der Waals surface area contributed by atoms with Crippen molar-refractivity contribution in [1.82, 2.24) is 0 Å². The third-order valence-electron chi connectivity index (χ3n) is 2.52. The summed E-state index contributed by atoms with van der Waals surface area (Å²) in [5.74, 6) is 0. The second-order valence-corrected chi connectivity index (χ2v) is 4.09. The molecule has 0 bridgehead atoms. The van der Waals surface area contributed by atoms with E-state index in [1.165, 1.54) is 19.6 Å². The van der Waals surface area contributed by atoms with Crippen molar-refractivity contribution in [2.24, 2.45) is 0 Å². The van der Waals surface area contributed by atoms with Crippen LogP contribution in [0.1, 0.15) is 20.8 Å². The van der Waals surface area contributed by atoms with Gasteiger partial charge in [-0.25, -0.2) is 0 Å². The molecule has 0 aliphatic rings. The molecule has 2 heteroatoms. The number of halogens is 1. The molecule has 0 atom stereocenters. The number of hydrogen-bond donors (Lipinski definition) is 0. The molecular formula is C9H19BrN+. The monoisotopic (exact) mass is 220 g/mol. The summed E-state index contributed by atoms with van der Waals surface area (Å²) in [7, 11) is 0. The lowest BCUT2D eigenvalue weighted by molar-refractivity contribution is -0.918. The van der Waals surface area contributed by atoms with E-state index < -0.39 is 0 Å². The van der Waals surface area contributed by atoms with Crippen molar-refractivity contribution in [3.63, 3.8) is 0 Å². The Kier molecular flexibility index (Phi) is 5.02. The highest BCUT2D eigenvalue weighted by atomic mass is 79.9. The molecule has 11 heavy (non-hydrogen) atoms. The highest BCUT2D eigenvalue weighted by molar-refractivity contribution is 9.11. The van der Waals surface area contributed by atoms with Crippen molar-refractivity contribution in [2.75, 3.05) is 26.2 Å². The second kappa shape index (κ2) is 4.94. The predicted octanol–water partition coefficient (Wildman–Crippen LogP) is 2.77. The Morgan fingerprint density at radius 3 is 1.64 bits per heavy atom. The SMILES string of the molecule is C=C(Br)C[N+](CC)(CC)CC. The molecule has 0 unspecified atom stereocenters. The molecule has 1 nitrogen and oxygen atoms in total. The van der Waals surface area contributed by atoms with Crippen molar-refractivity contribution in [2.45, 2.75) is 20.8 Å². The maximum Gasteiger partial charge on any atom is 0.110 e. The molecule has 0 aromatic heterocycles. The molecule has 0 aliphatic heterocycles. The quantitative estimate of drug-likeness (QED) is 0.626. The van der Waals surface area contributed by atoms with Crippen LogP contribution in [0.3, 0.4) is 0 Å². The van der Waals surface area contributed by atoms with Gasteiger partial charge in [0.1, 0.15) is 6.54 Å². The molecule has 0 radical (unpaired) electrons. The fourth-order valence-corrected chi connectivity index (χ4v) is 1.90. The lowest BCUT2D eigenvalue weighted by Gasteiger charge is -2.35. The summed E-state index contributed by atoms with van der Waals surface area (Å²) < 4.78 is 2.26. The normalized spacial score (nSPS) is 11.6. The average Bonchev–Trinajstić information content (AvgIpc) is 2.00. The van der Waals surface area contributed by atoms with Crippen molar-refractivity contribution in [3.8, 4) is 0 Å². The van der Waals surface area contributed by atoms with E-state index in [1.807, 2.05) is 0 Å². The summed E-state index contributed by atoms with van der Waals surface area (Å²) in [6.45, 7) is 15.2. The Hall–Kier alpha value is 0.180. The van der Waals surface area contributed by atoms with Crippen LogP contribution in [0.25, 0.3) is 0 Å². The van der Waals surface area contributed by atoms with Gasteiger partial charge in [-0.15, -0.1) is 0 Å². The Morgan fingerprint density at radius 1 is 1.18 bits per heavy atom. The van der Waals surface area contributed by atoms with Crippen molar-refractivity contribution in [3.05, 3.63) is 11.1 Å². The summed E-state index contributed by atoms with van der Waals surface area (Å²) in [4.78, 5) is 0. The van der Waals surface area contributed by atoms with Crippen LogP contribution in [0.5, 0.6) is 0 Å². The Morgan fingerprint density at radius 2 is 1.55 bits per heavy atom. The number of likely N-dealkylation sites (N-methyl/N-ethyl adjacent to an activating group) is 1. The van der Waals surface area contributed by atoms with Gasteiger partial charge in [-0.3, -0.25) is 0 Å². The van der Waals surface area contributed by atoms with Gasteiger partial charge in [0.05, 0.1) is 19.6 Å². The Balaban J connectivity index is 4.16. The van der Waals surface area contributed by atoms with Crippen molar-refractivity contribution < 1.29 is 4.48 Å². The molecule has 0 saturated carbocycles. The van der Waals surface area contributed by atoms with Crippen LogP contribution < -0.4 is 0 Å². The molecule has 0 aromatic carbocycles. The zero-order valence-corrected chi connectivity index (χ0v) is 9.45.